The number of fused-ring (bicyclic) bond motifs is 10. The van der Waals surface area contributed by atoms with E-state index in [-0.39, 0.29) is 5.41 Å². The zero-order valence-electron chi connectivity index (χ0n) is 38.0. The van der Waals surface area contributed by atoms with Crippen molar-refractivity contribution in [3.63, 3.8) is 0 Å². The molecule has 0 atom stereocenters. The maximum atomic E-state index is 2.53. The third-order valence-corrected chi connectivity index (χ3v) is 15.4. The molecule has 2 heteroatoms. The third kappa shape index (κ3) is 5.34. The van der Waals surface area contributed by atoms with Gasteiger partial charge in [-0.25, -0.2) is 0 Å². The predicted molar refractivity (Wildman–Crippen MR) is 285 cm³/mol. The maximum Gasteiger partial charge on any atom is 0.0714 e. The van der Waals surface area contributed by atoms with E-state index in [9.17, 15) is 0 Å². The molecule has 2 aliphatic carbocycles. The third-order valence-electron chi connectivity index (χ3n) is 15.4. The second-order valence-corrected chi connectivity index (χ2v) is 19.2. The van der Waals surface area contributed by atoms with Gasteiger partial charge in [0.2, 0.25) is 0 Å². The molecule has 3 aliphatic rings. The molecule has 0 spiro atoms. The van der Waals surface area contributed by atoms with Gasteiger partial charge in [0.25, 0.3) is 0 Å². The van der Waals surface area contributed by atoms with Crippen molar-refractivity contribution in [3.05, 3.63) is 276 Å². The monoisotopic (exact) mass is 866 g/mol. The van der Waals surface area contributed by atoms with Crippen molar-refractivity contribution < 1.29 is 0 Å². The topological polar surface area (TPSA) is 6.48 Å². The lowest BCUT2D eigenvalue weighted by molar-refractivity contribution is 0.660. The lowest BCUT2D eigenvalue weighted by Crippen LogP contribution is -2.28. The quantitative estimate of drug-likeness (QED) is 0.164. The number of nitrogens with zero attached hydrogens (tertiary/aromatic N) is 2. The van der Waals surface area contributed by atoms with Crippen molar-refractivity contribution in [3.8, 4) is 33.4 Å². The molecule has 1 aliphatic heterocycles. The van der Waals surface area contributed by atoms with E-state index < -0.39 is 5.41 Å². The number of benzene rings is 11. The Balaban J connectivity index is 0.929. The molecule has 0 N–H and O–H groups in total. The van der Waals surface area contributed by atoms with Crippen LogP contribution in [0.15, 0.2) is 243 Å². The predicted octanol–water partition coefficient (Wildman–Crippen LogP) is 17.6. The molecular weight excluding hydrogens is 821 g/mol. The summed E-state index contributed by atoms with van der Waals surface area (Å²) in [6.07, 6.45) is 0. The van der Waals surface area contributed by atoms with Crippen molar-refractivity contribution >= 4 is 55.7 Å². The number of rotatable bonds is 6. The standard InChI is InChI=1S/C66H46N2/c1-65(2)59-40-48(33-37-53(59)54-38-35-50(41-60(54)65)68-62-31-17-20-44-19-16-29-56(63(44)62)57-36-32-43-18-12-13-27-51(43)64(57)68)67(47-25-10-5-11-26-47)49-34-39-55-52-28-14-15-30-58(52)66(61(55)42-49,45-21-6-3-7-22-45)46-23-8-4-9-24-46/h3-42H,1-2H3. The first-order chi connectivity index (χ1) is 33.5. The Morgan fingerprint density at radius 3 is 1.62 bits per heavy atom. The molecule has 0 radical (unpaired) electrons. The summed E-state index contributed by atoms with van der Waals surface area (Å²) in [6.45, 7) is 4.82. The minimum atomic E-state index is -0.499. The van der Waals surface area contributed by atoms with Crippen LogP contribution in [0, 0.1) is 0 Å². The van der Waals surface area contributed by atoms with E-state index in [1.807, 2.05) is 0 Å². The van der Waals surface area contributed by atoms with Crippen molar-refractivity contribution in [1.82, 2.24) is 0 Å². The van der Waals surface area contributed by atoms with Crippen LogP contribution in [0.5, 0.6) is 0 Å². The summed E-state index contributed by atoms with van der Waals surface area (Å²) < 4.78 is 0. The number of anilines is 6. The van der Waals surface area contributed by atoms with Gasteiger partial charge in [0.05, 0.1) is 16.8 Å². The molecule has 0 fully saturated rings. The highest BCUT2D eigenvalue weighted by Gasteiger charge is 2.46. The molecule has 68 heavy (non-hydrogen) atoms. The first-order valence-electron chi connectivity index (χ1n) is 23.8. The molecule has 0 unspecified atom stereocenters. The molecule has 0 bridgehead atoms. The SMILES string of the molecule is CC1(C)c2cc(N(c3ccccc3)c3ccc4c(c3)C(c3ccccc3)(c3ccccc3)c3ccccc3-4)ccc2-c2ccc(N3c4c(ccc5ccccc45)-c4cccc5cccc3c45)cc21. The lowest BCUT2D eigenvalue weighted by Gasteiger charge is -2.35. The maximum absolute atomic E-state index is 2.53. The lowest BCUT2D eigenvalue weighted by atomic mass is 9.67. The fraction of sp³-hybridized carbons (Fsp3) is 0.0606. The van der Waals surface area contributed by atoms with Gasteiger partial charge in [0.15, 0.2) is 0 Å². The second-order valence-electron chi connectivity index (χ2n) is 19.2. The molecule has 0 saturated carbocycles. The van der Waals surface area contributed by atoms with Crippen LogP contribution in [0.25, 0.3) is 54.9 Å². The highest BCUT2D eigenvalue weighted by Crippen LogP contribution is 2.59. The second kappa shape index (κ2) is 14.5. The van der Waals surface area contributed by atoms with Gasteiger partial charge in [-0.15, -0.1) is 0 Å². The highest BCUT2D eigenvalue weighted by atomic mass is 15.2. The molecule has 11 aromatic carbocycles. The van der Waals surface area contributed by atoms with Crippen LogP contribution < -0.4 is 9.80 Å². The molecular formula is C66H46N2. The Bertz CT molecular complexity index is 3790. The number of hydrogen-bond donors (Lipinski definition) is 0. The van der Waals surface area contributed by atoms with Crippen LogP contribution in [0.4, 0.5) is 34.1 Å². The van der Waals surface area contributed by atoms with Crippen LogP contribution >= 0.6 is 0 Å². The molecule has 0 aromatic heterocycles. The van der Waals surface area contributed by atoms with Crippen molar-refractivity contribution in [1.29, 1.82) is 0 Å². The normalized spacial score (nSPS) is 14.2. The molecule has 320 valence electrons. The van der Waals surface area contributed by atoms with Crippen molar-refractivity contribution in [2.24, 2.45) is 0 Å². The van der Waals surface area contributed by atoms with Crippen molar-refractivity contribution in [2.45, 2.75) is 24.7 Å². The first-order valence-corrected chi connectivity index (χ1v) is 23.8. The summed E-state index contributed by atoms with van der Waals surface area (Å²) in [5.41, 5.74) is 21.7. The van der Waals surface area contributed by atoms with Crippen LogP contribution in [0.3, 0.4) is 0 Å². The first kappa shape index (κ1) is 38.8. The molecule has 0 saturated heterocycles. The van der Waals surface area contributed by atoms with Crippen molar-refractivity contribution in [2.75, 3.05) is 9.80 Å². The van der Waals surface area contributed by atoms with Gasteiger partial charge in [-0.05, 0) is 127 Å². The Morgan fingerprint density at radius 2 is 0.882 bits per heavy atom. The Kier molecular flexibility index (Phi) is 8.28. The van der Waals surface area contributed by atoms with Gasteiger partial charge in [0.1, 0.15) is 0 Å². The summed E-state index contributed by atoms with van der Waals surface area (Å²) in [4.78, 5) is 4.99. The Morgan fingerprint density at radius 1 is 0.353 bits per heavy atom. The highest BCUT2D eigenvalue weighted by molar-refractivity contribution is 6.19. The number of para-hydroxylation sites is 1. The Hall–Kier alpha value is -8.46. The van der Waals surface area contributed by atoms with Gasteiger partial charge in [-0.1, -0.05) is 202 Å². The van der Waals surface area contributed by atoms with E-state index in [0.717, 1.165) is 17.1 Å². The van der Waals surface area contributed by atoms with Gasteiger partial charge >= 0.3 is 0 Å². The molecule has 11 aromatic rings. The van der Waals surface area contributed by atoms with Gasteiger partial charge in [-0.2, -0.15) is 0 Å². The summed E-state index contributed by atoms with van der Waals surface area (Å²) in [5, 5.41) is 5.05. The molecule has 14 rings (SSSR count). The Labute approximate surface area is 397 Å². The van der Waals surface area contributed by atoms with Crippen LogP contribution in [-0.4, -0.2) is 0 Å². The van der Waals surface area contributed by atoms with Crippen LogP contribution in [-0.2, 0) is 10.8 Å². The average Bonchev–Trinajstić information content (AvgIpc) is 3.82. The zero-order chi connectivity index (χ0) is 45.1. The van der Waals surface area contributed by atoms with Crippen LogP contribution in [0.2, 0.25) is 0 Å². The van der Waals surface area contributed by atoms with E-state index in [4.69, 9.17) is 0 Å². The van der Waals surface area contributed by atoms with E-state index in [0.29, 0.717) is 0 Å². The van der Waals surface area contributed by atoms with Gasteiger partial charge in [0, 0.05) is 44.5 Å². The minimum absolute atomic E-state index is 0.282. The van der Waals surface area contributed by atoms with Gasteiger partial charge in [-0.3, -0.25) is 0 Å². The zero-order valence-corrected chi connectivity index (χ0v) is 38.0. The average molecular weight is 867 g/mol. The summed E-state index contributed by atoms with van der Waals surface area (Å²) in [6, 6.07) is 90.6. The smallest absolute Gasteiger partial charge is 0.0714 e. The summed E-state index contributed by atoms with van der Waals surface area (Å²) >= 11 is 0. The van der Waals surface area contributed by atoms with E-state index in [1.54, 1.807) is 0 Å². The van der Waals surface area contributed by atoms with E-state index >= 15 is 0 Å². The largest absolute Gasteiger partial charge is 0.310 e. The fourth-order valence-corrected chi connectivity index (χ4v) is 12.4. The number of hydrogen-bond acceptors (Lipinski definition) is 2. The van der Waals surface area contributed by atoms with Gasteiger partial charge < -0.3 is 9.80 Å². The van der Waals surface area contributed by atoms with Crippen LogP contribution in [0.1, 0.15) is 47.2 Å². The fourth-order valence-electron chi connectivity index (χ4n) is 12.4. The van der Waals surface area contributed by atoms with E-state index in [1.165, 1.54) is 105 Å². The summed E-state index contributed by atoms with van der Waals surface area (Å²) in [7, 11) is 0. The molecule has 0 amide bonds. The van der Waals surface area contributed by atoms with E-state index in [2.05, 4.69) is 266 Å². The molecule has 2 nitrogen and oxygen atoms in total. The minimum Gasteiger partial charge on any atom is -0.310 e. The summed E-state index contributed by atoms with van der Waals surface area (Å²) in [5.74, 6) is 0. The molecule has 1 heterocycles.